The topological polar surface area (TPSA) is 105 Å². The molecule has 3 heterocycles. The Hall–Kier alpha value is -3.24. The molecule has 0 spiro atoms. The van der Waals surface area contributed by atoms with Crippen molar-refractivity contribution in [3.8, 4) is 0 Å². The van der Waals surface area contributed by atoms with Gasteiger partial charge in [0.2, 0.25) is 0 Å². The number of aromatic nitrogens is 3. The van der Waals surface area contributed by atoms with Crippen LogP contribution in [0.1, 0.15) is 10.7 Å². The molecule has 1 aromatic carbocycles. The van der Waals surface area contributed by atoms with Crippen LogP contribution in [0.2, 0.25) is 5.02 Å². The third-order valence-corrected chi connectivity index (χ3v) is 4.36. The standard InChI is InChI=1S/C18H16ClFN6O3/c19-14-9-13(10-21-15(14)26-4-6-28-7-5-26)22-16(27)17-24-25-18(29-17)23-12-3-1-2-11(20)8-12/h1-3,8-10H,4-7H2,(H,22,27)(H,23,25). The maximum absolute atomic E-state index is 13.2. The second-order valence-corrected chi connectivity index (χ2v) is 6.54. The summed E-state index contributed by atoms with van der Waals surface area (Å²) in [6, 6.07) is 7.27. The Morgan fingerprint density at radius 1 is 1.17 bits per heavy atom. The Morgan fingerprint density at radius 2 is 2.00 bits per heavy atom. The van der Waals surface area contributed by atoms with Crippen LogP contribution < -0.4 is 15.5 Å². The van der Waals surface area contributed by atoms with E-state index in [4.69, 9.17) is 20.8 Å². The average molecular weight is 419 g/mol. The summed E-state index contributed by atoms with van der Waals surface area (Å²) >= 11 is 6.31. The van der Waals surface area contributed by atoms with Gasteiger partial charge in [-0.15, -0.1) is 5.10 Å². The van der Waals surface area contributed by atoms with Gasteiger partial charge in [0, 0.05) is 18.8 Å². The molecule has 2 aromatic heterocycles. The molecule has 0 aliphatic carbocycles. The molecule has 150 valence electrons. The van der Waals surface area contributed by atoms with E-state index in [0.717, 1.165) is 0 Å². The fourth-order valence-corrected chi connectivity index (χ4v) is 3.03. The molecular formula is C18H16ClFN6O3. The Kier molecular flexibility index (Phi) is 5.54. The normalized spacial score (nSPS) is 13.9. The number of benzene rings is 1. The van der Waals surface area contributed by atoms with Crippen molar-refractivity contribution in [1.82, 2.24) is 15.2 Å². The zero-order chi connectivity index (χ0) is 20.2. The minimum absolute atomic E-state index is 0.0421. The van der Waals surface area contributed by atoms with Gasteiger partial charge in [0.25, 0.3) is 0 Å². The number of hydrogen-bond acceptors (Lipinski definition) is 8. The molecule has 1 fully saturated rings. The van der Waals surface area contributed by atoms with Crippen LogP contribution in [0.25, 0.3) is 0 Å². The number of hydrogen-bond donors (Lipinski definition) is 2. The van der Waals surface area contributed by atoms with E-state index in [1.807, 2.05) is 4.90 Å². The molecular weight excluding hydrogens is 403 g/mol. The third kappa shape index (κ3) is 4.61. The first-order valence-electron chi connectivity index (χ1n) is 8.74. The minimum Gasteiger partial charge on any atom is -0.399 e. The highest BCUT2D eigenvalue weighted by atomic mass is 35.5. The highest BCUT2D eigenvalue weighted by Gasteiger charge is 2.19. The fraction of sp³-hybridized carbons (Fsp3) is 0.222. The van der Waals surface area contributed by atoms with Crippen molar-refractivity contribution in [2.45, 2.75) is 0 Å². The highest BCUT2D eigenvalue weighted by Crippen LogP contribution is 2.27. The van der Waals surface area contributed by atoms with Gasteiger partial charge in [-0.1, -0.05) is 22.8 Å². The summed E-state index contributed by atoms with van der Waals surface area (Å²) in [7, 11) is 0. The number of anilines is 4. The number of nitrogens with zero attached hydrogens (tertiary/aromatic N) is 4. The quantitative estimate of drug-likeness (QED) is 0.651. The van der Waals surface area contributed by atoms with Crippen molar-refractivity contribution in [3.63, 3.8) is 0 Å². The number of amides is 1. The number of nitrogens with one attached hydrogen (secondary N) is 2. The molecule has 29 heavy (non-hydrogen) atoms. The molecule has 4 rings (SSSR count). The Bertz CT molecular complexity index is 1020. The van der Waals surface area contributed by atoms with Gasteiger partial charge in [-0.3, -0.25) is 4.79 Å². The molecule has 0 saturated carbocycles. The van der Waals surface area contributed by atoms with Crippen LogP contribution in [0.15, 0.2) is 40.9 Å². The van der Waals surface area contributed by atoms with Crippen LogP contribution in [0.4, 0.5) is 27.6 Å². The molecule has 0 bridgehead atoms. The predicted octanol–water partition coefficient (Wildman–Crippen LogP) is 3.09. The molecule has 2 N–H and O–H groups in total. The van der Waals surface area contributed by atoms with Crippen LogP contribution >= 0.6 is 11.6 Å². The Balaban J connectivity index is 1.41. The van der Waals surface area contributed by atoms with Gasteiger partial charge in [0.15, 0.2) is 0 Å². The number of morpholine rings is 1. The van der Waals surface area contributed by atoms with Gasteiger partial charge in [0.1, 0.15) is 11.6 Å². The fourth-order valence-electron chi connectivity index (χ4n) is 2.75. The highest BCUT2D eigenvalue weighted by molar-refractivity contribution is 6.33. The summed E-state index contributed by atoms with van der Waals surface area (Å²) < 4.78 is 23.8. The Labute approximate surface area is 169 Å². The van der Waals surface area contributed by atoms with Crippen molar-refractivity contribution in [2.24, 2.45) is 0 Å². The van der Waals surface area contributed by atoms with E-state index in [-0.39, 0.29) is 11.9 Å². The second kappa shape index (κ2) is 8.41. The summed E-state index contributed by atoms with van der Waals surface area (Å²) in [5, 5.41) is 13.1. The number of carbonyl (C=O) groups excluding carboxylic acids is 1. The maximum Gasteiger partial charge on any atom is 0.320 e. The second-order valence-electron chi connectivity index (χ2n) is 6.13. The summed E-state index contributed by atoms with van der Waals surface area (Å²) in [6.45, 7) is 2.61. The zero-order valence-electron chi connectivity index (χ0n) is 15.1. The van der Waals surface area contributed by atoms with E-state index in [9.17, 15) is 9.18 Å². The SMILES string of the molecule is O=C(Nc1cnc(N2CCOCC2)c(Cl)c1)c1nnc(Nc2cccc(F)c2)o1. The lowest BCUT2D eigenvalue weighted by atomic mass is 10.3. The van der Waals surface area contributed by atoms with Crippen molar-refractivity contribution < 1.29 is 18.3 Å². The number of carbonyl (C=O) groups is 1. The van der Waals surface area contributed by atoms with E-state index in [0.29, 0.717) is 48.5 Å². The molecule has 1 aliphatic rings. The van der Waals surface area contributed by atoms with Gasteiger partial charge >= 0.3 is 17.8 Å². The van der Waals surface area contributed by atoms with Crippen LogP contribution in [0.3, 0.4) is 0 Å². The van der Waals surface area contributed by atoms with Crippen molar-refractivity contribution in [3.05, 3.63) is 53.3 Å². The first kappa shape index (κ1) is 19.1. The first-order valence-corrected chi connectivity index (χ1v) is 9.12. The number of rotatable bonds is 5. The lowest BCUT2D eigenvalue weighted by Crippen LogP contribution is -2.36. The van der Waals surface area contributed by atoms with Crippen molar-refractivity contribution in [2.75, 3.05) is 41.8 Å². The number of halogens is 2. The summed E-state index contributed by atoms with van der Waals surface area (Å²) in [6.07, 6.45) is 1.50. The van der Waals surface area contributed by atoms with Gasteiger partial charge in [-0.2, -0.15) is 0 Å². The van der Waals surface area contributed by atoms with Crippen LogP contribution in [-0.4, -0.2) is 47.4 Å². The molecule has 1 aliphatic heterocycles. The maximum atomic E-state index is 13.2. The molecule has 3 aromatic rings. The Morgan fingerprint density at radius 3 is 2.76 bits per heavy atom. The van der Waals surface area contributed by atoms with Gasteiger partial charge in [-0.05, 0) is 24.3 Å². The lowest BCUT2D eigenvalue weighted by Gasteiger charge is -2.28. The predicted molar refractivity (Wildman–Crippen MR) is 104 cm³/mol. The smallest absolute Gasteiger partial charge is 0.320 e. The van der Waals surface area contributed by atoms with E-state index < -0.39 is 11.7 Å². The van der Waals surface area contributed by atoms with Crippen molar-refractivity contribution in [1.29, 1.82) is 0 Å². The van der Waals surface area contributed by atoms with Gasteiger partial charge < -0.3 is 24.7 Å². The van der Waals surface area contributed by atoms with Crippen molar-refractivity contribution >= 4 is 40.7 Å². The summed E-state index contributed by atoms with van der Waals surface area (Å²) in [5.41, 5.74) is 0.796. The minimum atomic E-state index is -0.623. The monoisotopic (exact) mass is 418 g/mol. The number of ether oxygens (including phenoxy) is 1. The summed E-state index contributed by atoms with van der Waals surface area (Å²) in [4.78, 5) is 18.7. The molecule has 11 heteroatoms. The molecule has 1 amide bonds. The zero-order valence-corrected chi connectivity index (χ0v) is 15.8. The van der Waals surface area contributed by atoms with E-state index in [1.165, 1.54) is 24.4 Å². The number of pyridine rings is 1. The largest absolute Gasteiger partial charge is 0.399 e. The first-order chi connectivity index (χ1) is 14.1. The third-order valence-electron chi connectivity index (χ3n) is 4.09. The molecule has 9 nitrogen and oxygen atoms in total. The van der Waals surface area contributed by atoms with Crippen LogP contribution in [-0.2, 0) is 4.74 Å². The molecule has 0 atom stereocenters. The molecule has 0 unspecified atom stereocenters. The molecule has 0 radical (unpaired) electrons. The average Bonchev–Trinajstić information content (AvgIpc) is 3.17. The van der Waals surface area contributed by atoms with Crippen LogP contribution in [0.5, 0.6) is 0 Å². The molecule has 1 saturated heterocycles. The van der Waals surface area contributed by atoms with Gasteiger partial charge in [-0.25, -0.2) is 9.37 Å². The van der Waals surface area contributed by atoms with E-state index >= 15 is 0 Å². The summed E-state index contributed by atoms with van der Waals surface area (Å²) in [5.74, 6) is -0.677. The van der Waals surface area contributed by atoms with E-state index in [1.54, 1.807) is 12.1 Å². The van der Waals surface area contributed by atoms with Crippen LogP contribution in [0, 0.1) is 5.82 Å². The van der Waals surface area contributed by atoms with E-state index in [2.05, 4.69) is 25.8 Å². The lowest BCUT2D eigenvalue weighted by molar-refractivity contribution is 0.0991. The van der Waals surface area contributed by atoms with Gasteiger partial charge in [0.05, 0.1) is 30.1 Å².